The molecular formula is C11H16O. The van der Waals surface area contributed by atoms with Crippen LogP contribution in [0.3, 0.4) is 0 Å². The number of phenols is 1. The van der Waals surface area contributed by atoms with Crippen LogP contribution in [0.25, 0.3) is 0 Å². The highest BCUT2D eigenvalue weighted by molar-refractivity contribution is 5.29. The van der Waals surface area contributed by atoms with Gasteiger partial charge in [0.1, 0.15) is 5.75 Å². The fraction of sp³-hybridized carbons (Fsp3) is 0.455. The standard InChI is InChI=1S/C11H16O/c1-3-9(4-2)10-6-5-7-11(12)8-10/h5-9,12H,3-4H2,1-2H3. The first-order chi connectivity index (χ1) is 5.77. The molecular weight excluding hydrogens is 148 g/mol. The first-order valence-electron chi connectivity index (χ1n) is 4.56. The number of aromatic hydroxyl groups is 1. The monoisotopic (exact) mass is 164 g/mol. The van der Waals surface area contributed by atoms with Gasteiger partial charge in [-0.3, -0.25) is 0 Å². The molecule has 1 aromatic rings. The van der Waals surface area contributed by atoms with Crippen LogP contribution in [0.1, 0.15) is 38.2 Å². The largest absolute Gasteiger partial charge is 0.508 e. The number of hydrogen-bond acceptors (Lipinski definition) is 1. The molecule has 66 valence electrons. The van der Waals surface area contributed by atoms with Crippen LogP contribution in [0.15, 0.2) is 24.3 Å². The van der Waals surface area contributed by atoms with Gasteiger partial charge >= 0.3 is 0 Å². The Morgan fingerprint density at radius 3 is 2.42 bits per heavy atom. The van der Waals surface area contributed by atoms with Gasteiger partial charge in [0.25, 0.3) is 0 Å². The average molecular weight is 164 g/mol. The van der Waals surface area contributed by atoms with E-state index in [1.165, 1.54) is 5.56 Å². The second-order valence-electron chi connectivity index (χ2n) is 3.11. The summed E-state index contributed by atoms with van der Waals surface area (Å²) in [7, 11) is 0. The lowest BCUT2D eigenvalue weighted by Crippen LogP contribution is -1.94. The summed E-state index contributed by atoms with van der Waals surface area (Å²) in [5.74, 6) is 0.969. The molecule has 0 saturated heterocycles. The topological polar surface area (TPSA) is 20.2 Å². The minimum absolute atomic E-state index is 0.374. The summed E-state index contributed by atoms with van der Waals surface area (Å²) in [5.41, 5.74) is 1.25. The van der Waals surface area contributed by atoms with Gasteiger partial charge in [0.2, 0.25) is 0 Å². The van der Waals surface area contributed by atoms with Gasteiger partial charge in [-0.1, -0.05) is 26.0 Å². The van der Waals surface area contributed by atoms with Crippen LogP contribution < -0.4 is 0 Å². The summed E-state index contributed by atoms with van der Waals surface area (Å²) >= 11 is 0. The molecule has 1 aromatic carbocycles. The molecule has 0 heterocycles. The maximum absolute atomic E-state index is 9.25. The molecule has 0 radical (unpaired) electrons. The van der Waals surface area contributed by atoms with Crippen LogP contribution >= 0.6 is 0 Å². The Hall–Kier alpha value is -0.980. The molecule has 0 aliphatic rings. The maximum atomic E-state index is 9.25. The Kier molecular flexibility index (Phi) is 3.15. The van der Waals surface area contributed by atoms with Crippen molar-refractivity contribution in [1.29, 1.82) is 0 Å². The van der Waals surface area contributed by atoms with Crippen LogP contribution in [0.2, 0.25) is 0 Å². The second kappa shape index (κ2) is 4.15. The molecule has 1 rings (SSSR count). The molecule has 0 atom stereocenters. The van der Waals surface area contributed by atoms with Crippen molar-refractivity contribution < 1.29 is 5.11 Å². The Morgan fingerprint density at radius 2 is 1.92 bits per heavy atom. The zero-order valence-electron chi connectivity index (χ0n) is 7.75. The lowest BCUT2D eigenvalue weighted by Gasteiger charge is -2.12. The zero-order valence-corrected chi connectivity index (χ0v) is 7.75. The van der Waals surface area contributed by atoms with E-state index in [1.54, 1.807) is 6.07 Å². The number of benzene rings is 1. The van der Waals surface area contributed by atoms with Gasteiger partial charge in [-0.25, -0.2) is 0 Å². The zero-order chi connectivity index (χ0) is 8.97. The van der Waals surface area contributed by atoms with Gasteiger partial charge in [0.05, 0.1) is 0 Å². The normalized spacial score (nSPS) is 10.6. The van der Waals surface area contributed by atoms with E-state index in [9.17, 15) is 5.11 Å². The summed E-state index contributed by atoms with van der Waals surface area (Å²) < 4.78 is 0. The van der Waals surface area contributed by atoms with Crippen molar-refractivity contribution in [2.75, 3.05) is 0 Å². The molecule has 0 bridgehead atoms. The molecule has 0 aliphatic heterocycles. The second-order valence-corrected chi connectivity index (χ2v) is 3.11. The van der Waals surface area contributed by atoms with Crippen molar-refractivity contribution in [2.45, 2.75) is 32.6 Å². The number of phenolic OH excluding ortho intramolecular Hbond substituents is 1. The van der Waals surface area contributed by atoms with E-state index in [1.807, 2.05) is 12.1 Å². The minimum atomic E-state index is 0.374. The van der Waals surface area contributed by atoms with Gasteiger partial charge in [0, 0.05) is 0 Å². The molecule has 0 saturated carbocycles. The number of rotatable bonds is 3. The molecule has 0 aromatic heterocycles. The lowest BCUT2D eigenvalue weighted by atomic mass is 9.94. The highest BCUT2D eigenvalue weighted by Crippen LogP contribution is 2.25. The molecule has 1 N–H and O–H groups in total. The van der Waals surface area contributed by atoms with Crippen molar-refractivity contribution in [1.82, 2.24) is 0 Å². The molecule has 1 heteroatoms. The van der Waals surface area contributed by atoms with Crippen LogP contribution in [-0.2, 0) is 0 Å². The van der Waals surface area contributed by atoms with E-state index in [0.717, 1.165) is 12.8 Å². The van der Waals surface area contributed by atoms with E-state index in [0.29, 0.717) is 11.7 Å². The van der Waals surface area contributed by atoms with Crippen molar-refractivity contribution in [3.05, 3.63) is 29.8 Å². The third-order valence-electron chi connectivity index (χ3n) is 2.33. The fourth-order valence-corrected chi connectivity index (χ4v) is 1.54. The Balaban J connectivity index is 2.85. The van der Waals surface area contributed by atoms with E-state index in [-0.39, 0.29) is 0 Å². The maximum Gasteiger partial charge on any atom is 0.115 e. The third-order valence-corrected chi connectivity index (χ3v) is 2.33. The first-order valence-corrected chi connectivity index (χ1v) is 4.56. The minimum Gasteiger partial charge on any atom is -0.508 e. The highest BCUT2D eigenvalue weighted by atomic mass is 16.3. The smallest absolute Gasteiger partial charge is 0.115 e. The summed E-state index contributed by atoms with van der Waals surface area (Å²) in [5, 5.41) is 9.25. The molecule has 0 amide bonds. The SMILES string of the molecule is CCC(CC)c1cccc(O)c1. The first kappa shape index (κ1) is 9.11. The fourth-order valence-electron chi connectivity index (χ4n) is 1.54. The Labute approximate surface area is 74.1 Å². The van der Waals surface area contributed by atoms with Crippen molar-refractivity contribution in [3.63, 3.8) is 0 Å². The summed E-state index contributed by atoms with van der Waals surface area (Å²) in [6.07, 6.45) is 2.28. The number of hydrogen-bond donors (Lipinski definition) is 1. The molecule has 1 nitrogen and oxygen atoms in total. The molecule has 0 unspecified atom stereocenters. The Bertz CT molecular complexity index is 239. The lowest BCUT2D eigenvalue weighted by molar-refractivity contribution is 0.473. The highest BCUT2D eigenvalue weighted by Gasteiger charge is 2.06. The average Bonchev–Trinajstić information content (AvgIpc) is 2.07. The predicted molar refractivity (Wildman–Crippen MR) is 51.4 cm³/mol. The van der Waals surface area contributed by atoms with E-state index in [4.69, 9.17) is 0 Å². The van der Waals surface area contributed by atoms with Crippen LogP contribution in [0.4, 0.5) is 0 Å². The summed E-state index contributed by atoms with van der Waals surface area (Å²) in [4.78, 5) is 0. The van der Waals surface area contributed by atoms with Crippen molar-refractivity contribution in [2.24, 2.45) is 0 Å². The predicted octanol–water partition coefficient (Wildman–Crippen LogP) is 3.30. The van der Waals surface area contributed by atoms with Crippen LogP contribution in [-0.4, -0.2) is 5.11 Å². The summed E-state index contributed by atoms with van der Waals surface area (Å²) in [6, 6.07) is 7.56. The molecule has 0 fully saturated rings. The van der Waals surface area contributed by atoms with Crippen LogP contribution in [0.5, 0.6) is 5.75 Å². The van der Waals surface area contributed by atoms with Gasteiger partial charge in [-0.15, -0.1) is 0 Å². The van der Waals surface area contributed by atoms with Crippen LogP contribution in [0, 0.1) is 0 Å². The van der Waals surface area contributed by atoms with Crippen molar-refractivity contribution in [3.8, 4) is 5.75 Å². The van der Waals surface area contributed by atoms with Gasteiger partial charge in [0.15, 0.2) is 0 Å². The molecule has 12 heavy (non-hydrogen) atoms. The Morgan fingerprint density at radius 1 is 1.25 bits per heavy atom. The summed E-state index contributed by atoms with van der Waals surface area (Å²) in [6.45, 7) is 4.36. The third kappa shape index (κ3) is 2.00. The van der Waals surface area contributed by atoms with Gasteiger partial charge in [-0.2, -0.15) is 0 Å². The van der Waals surface area contributed by atoms with E-state index >= 15 is 0 Å². The van der Waals surface area contributed by atoms with Crippen molar-refractivity contribution >= 4 is 0 Å². The molecule has 0 spiro atoms. The van der Waals surface area contributed by atoms with Gasteiger partial charge in [-0.05, 0) is 36.5 Å². The van der Waals surface area contributed by atoms with E-state index < -0.39 is 0 Å². The molecule has 0 aliphatic carbocycles. The quantitative estimate of drug-likeness (QED) is 0.726. The van der Waals surface area contributed by atoms with E-state index in [2.05, 4.69) is 19.9 Å². The van der Waals surface area contributed by atoms with Gasteiger partial charge < -0.3 is 5.11 Å².